The molecule has 4 aromatic carbocycles. The number of sulfone groups is 2. The lowest BCUT2D eigenvalue weighted by atomic mass is 10.2. The number of fused-ring (bicyclic) bond motifs is 2. The van der Waals surface area contributed by atoms with Crippen LogP contribution in [0.4, 0.5) is 22.7 Å². The molecule has 14 nitrogen and oxygen atoms in total. The summed E-state index contributed by atoms with van der Waals surface area (Å²) >= 11 is 0. The fraction of sp³-hybridized carbons (Fsp3) is 0. The highest BCUT2D eigenvalue weighted by Gasteiger charge is 2.24. The molecule has 0 bridgehead atoms. The Kier molecular flexibility index (Phi) is 8.32. The van der Waals surface area contributed by atoms with Gasteiger partial charge in [-0.1, -0.05) is 24.3 Å². The molecule has 4 N–H and O–H groups in total. The van der Waals surface area contributed by atoms with Crippen molar-refractivity contribution in [2.45, 2.75) is 19.6 Å². The van der Waals surface area contributed by atoms with Crippen LogP contribution in [0.2, 0.25) is 0 Å². The Labute approximate surface area is 261 Å². The first-order valence-electron chi connectivity index (χ1n) is 13.1. The van der Waals surface area contributed by atoms with Crippen molar-refractivity contribution in [2.75, 3.05) is 11.5 Å². The average molecular weight is 659 g/mol. The largest absolute Gasteiger partial charge is 0.393 e. The summed E-state index contributed by atoms with van der Waals surface area (Å²) in [6.45, 7) is 0. The Hall–Kier alpha value is -6.00. The normalized spacial score (nSPS) is 11.5. The van der Waals surface area contributed by atoms with Crippen LogP contribution < -0.4 is 11.5 Å². The predicted octanol–water partition coefficient (Wildman–Crippen LogP) is 5.12. The first-order valence-corrected chi connectivity index (χ1v) is 16.0. The summed E-state index contributed by atoms with van der Waals surface area (Å²) in [5.41, 5.74) is 10.1. The molecular weight excluding hydrogens is 636 g/mol. The zero-order valence-electron chi connectivity index (χ0n) is 23.4. The van der Waals surface area contributed by atoms with Crippen LogP contribution in [0.1, 0.15) is 0 Å². The van der Waals surface area contributed by atoms with Crippen molar-refractivity contribution in [3.05, 3.63) is 130 Å². The van der Waals surface area contributed by atoms with Gasteiger partial charge in [-0.25, -0.2) is 16.8 Å². The Bertz CT molecular complexity index is 2220. The van der Waals surface area contributed by atoms with Gasteiger partial charge in [-0.2, -0.15) is 0 Å². The van der Waals surface area contributed by atoms with Crippen LogP contribution in [0.5, 0.6) is 0 Å². The highest BCUT2D eigenvalue weighted by molar-refractivity contribution is 7.92. The fourth-order valence-corrected chi connectivity index (χ4v) is 7.67. The van der Waals surface area contributed by atoms with E-state index in [4.69, 9.17) is 11.5 Å². The quantitative estimate of drug-likeness (QED) is 0.135. The highest BCUT2D eigenvalue weighted by atomic mass is 32.2. The molecule has 0 spiro atoms. The van der Waals surface area contributed by atoms with Crippen LogP contribution in [0.3, 0.4) is 0 Å². The minimum Gasteiger partial charge on any atom is -0.393 e. The Morgan fingerprint density at radius 3 is 1.30 bits per heavy atom. The number of aromatic nitrogens is 2. The second kappa shape index (κ2) is 12.2. The van der Waals surface area contributed by atoms with Crippen LogP contribution in [0, 0.1) is 20.2 Å². The third kappa shape index (κ3) is 5.89. The Balaban J connectivity index is 0.000000181. The molecule has 16 heteroatoms. The number of rotatable bonds is 6. The molecule has 0 aliphatic heterocycles. The molecule has 0 radical (unpaired) electrons. The number of nitrogens with zero attached hydrogens (tertiary/aromatic N) is 4. The molecule has 0 atom stereocenters. The van der Waals surface area contributed by atoms with Crippen LogP contribution in [-0.2, 0) is 19.7 Å². The van der Waals surface area contributed by atoms with E-state index in [1.165, 1.54) is 36.7 Å². The fourth-order valence-electron chi connectivity index (χ4n) is 4.64. The van der Waals surface area contributed by atoms with Crippen molar-refractivity contribution in [1.29, 1.82) is 0 Å². The lowest BCUT2D eigenvalue weighted by Gasteiger charge is -2.08. The smallest absolute Gasteiger partial charge is 0.292 e. The highest BCUT2D eigenvalue weighted by Crippen LogP contribution is 2.33. The minimum atomic E-state index is -3.86. The number of nitrogens with two attached hydrogens (primary N) is 2. The number of nitrogen functional groups attached to an aromatic ring is 2. The van der Waals surface area contributed by atoms with E-state index in [-0.39, 0.29) is 42.3 Å². The van der Waals surface area contributed by atoms with Crippen molar-refractivity contribution in [2.24, 2.45) is 0 Å². The summed E-state index contributed by atoms with van der Waals surface area (Å²) in [6, 6.07) is 19.7. The van der Waals surface area contributed by atoms with Crippen molar-refractivity contribution < 1.29 is 26.7 Å². The molecule has 46 heavy (non-hydrogen) atoms. The maximum atomic E-state index is 12.8. The number of anilines is 2. The zero-order valence-corrected chi connectivity index (χ0v) is 25.1. The lowest BCUT2D eigenvalue weighted by molar-refractivity contribution is -0.384. The van der Waals surface area contributed by atoms with Gasteiger partial charge in [0.25, 0.3) is 11.4 Å². The van der Waals surface area contributed by atoms with Gasteiger partial charge < -0.3 is 11.5 Å². The molecule has 6 aromatic rings. The second-order valence-electron chi connectivity index (χ2n) is 9.67. The summed E-state index contributed by atoms with van der Waals surface area (Å²) in [4.78, 5) is 28.2. The minimum absolute atomic E-state index is 0.0927. The summed E-state index contributed by atoms with van der Waals surface area (Å²) < 4.78 is 51.3. The molecule has 0 aliphatic rings. The van der Waals surface area contributed by atoms with Gasteiger partial charge in [0.15, 0.2) is 0 Å². The Morgan fingerprint density at radius 1 is 0.565 bits per heavy atom. The standard InChI is InChI=1S/2C15H11N3O4S/c2*16-13-8-11(4-5-14(13)18(19)20)23(21,22)15-3-1-2-10-9-17-7-6-12(10)15/h2*1-9H,16H2. The molecular formula is C30H22N6O8S2. The monoisotopic (exact) mass is 658 g/mol. The van der Waals surface area contributed by atoms with E-state index < -0.39 is 29.5 Å². The van der Waals surface area contributed by atoms with Gasteiger partial charge in [0.2, 0.25) is 19.7 Å². The molecule has 6 rings (SSSR count). The van der Waals surface area contributed by atoms with E-state index in [0.29, 0.717) is 21.5 Å². The predicted molar refractivity (Wildman–Crippen MR) is 169 cm³/mol. The van der Waals surface area contributed by atoms with Crippen LogP contribution in [0.15, 0.2) is 129 Å². The van der Waals surface area contributed by atoms with Gasteiger partial charge in [-0.05, 0) is 48.5 Å². The SMILES string of the molecule is Nc1cc(S(=O)(=O)c2cccc3cnccc23)ccc1[N+](=O)[O-].Nc1cc(S(=O)(=O)c2cccc3cnccc23)ccc1[N+](=O)[O-]. The van der Waals surface area contributed by atoms with Gasteiger partial charge in [-0.15, -0.1) is 0 Å². The second-order valence-corrected chi connectivity index (χ2v) is 13.5. The number of hydrogen-bond donors (Lipinski definition) is 2. The number of nitro groups is 2. The van der Waals surface area contributed by atoms with Crippen LogP contribution in [0.25, 0.3) is 21.5 Å². The molecule has 0 saturated heterocycles. The summed E-state index contributed by atoms with van der Waals surface area (Å²) in [6.07, 6.45) is 6.15. The van der Waals surface area contributed by atoms with Crippen molar-refractivity contribution in [1.82, 2.24) is 9.97 Å². The van der Waals surface area contributed by atoms with Crippen LogP contribution in [-0.4, -0.2) is 36.7 Å². The van der Waals surface area contributed by atoms with Gasteiger partial charge in [0.1, 0.15) is 11.4 Å². The number of benzene rings is 4. The molecule has 0 unspecified atom stereocenters. The number of hydrogen-bond acceptors (Lipinski definition) is 12. The third-order valence-corrected chi connectivity index (χ3v) is 10.5. The number of nitro benzene ring substituents is 2. The van der Waals surface area contributed by atoms with E-state index in [9.17, 15) is 37.1 Å². The van der Waals surface area contributed by atoms with E-state index in [2.05, 4.69) is 9.97 Å². The molecule has 232 valence electrons. The lowest BCUT2D eigenvalue weighted by Crippen LogP contribution is -2.05. The van der Waals surface area contributed by atoms with Crippen molar-refractivity contribution in [3.63, 3.8) is 0 Å². The molecule has 0 aliphatic carbocycles. The zero-order chi connectivity index (χ0) is 33.2. The molecule has 2 aromatic heterocycles. The molecule has 2 heterocycles. The van der Waals surface area contributed by atoms with Gasteiger partial charge >= 0.3 is 0 Å². The van der Waals surface area contributed by atoms with Gasteiger partial charge in [0.05, 0.1) is 29.4 Å². The average Bonchev–Trinajstić information content (AvgIpc) is 3.04. The first kappa shape index (κ1) is 31.4. The molecule has 0 saturated carbocycles. The Morgan fingerprint density at radius 2 is 0.957 bits per heavy atom. The maximum Gasteiger partial charge on any atom is 0.292 e. The number of pyridine rings is 2. The van der Waals surface area contributed by atoms with E-state index in [0.717, 1.165) is 24.3 Å². The van der Waals surface area contributed by atoms with E-state index in [1.54, 1.807) is 48.8 Å². The van der Waals surface area contributed by atoms with Crippen molar-refractivity contribution >= 4 is 64.0 Å². The maximum absolute atomic E-state index is 12.8. The first-order chi connectivity index (χ1) is 21.8. The van der Waals surface area contributed by atoms with Crippen molar-refractivity contribution in [3.8, 4) is 0 Å². The summed E-state index contributed by atoms with van der Waals surface area (Å²) in [5, 5.41) is 24.0. The topological polar surface area (TPSA) is 232 Å². The van der Waals surface area contributed by atoms with Gasteiger partial charge in [-0.3, -0.25) is 30.2 Å². The van der Waals surface area contributed by atoms with E-state index in [1.807, 2.05) is 0 Å². The molecule has 0 amide bonds. The summed E-state index contributed by atoms with van der Waals surface area (Å²) in [7, 11) is -7.72. The molecule has 0 fully saturated rings. The third-order valence-electron chi connectivity index (χ3n) is 6.87. The van der Waals surface area contributed by atoms with E-state index >= 15 is 0 Å². The summed E-state index contributed by atoms with van der Waals surface area (Å²) in [5.74, 6) is 0. The van der Waals surface area contributed by atoms with Crippen LogP contribution >= 0.6 is 0 Å². The van der Waals surface area contributed by atoms with Gasteiger partial charge in [0, 0.05) is 58.5 Å².